The largest absolute Gasteiger partial charge is 0.326 e. The Hall–Kier alpha value is -2.95. The third-order valence-corrected chi connectivity index (χ3v) is 4.26. The number of para-hydroxylation sites is 2. The highest BCUT2D eigenvalue weighted by Gasteiger charge is 2.18. The van der Waals surface area contributed by atoms with E-state index in [1.807, 2.05) is 30.3 Å². The first kappa shape index (κ1) is 17.9. The number of carbonyl (C=O) groups excluding carboxylic acids is 1. The van der Waals surface area contributed by atoms with Crippen LogP contribution in [0.15, 0.2) is 53.3 Å². The lowest BCUT2D eigenvalue weighted by atomic mass is 9.86. The Morgan fingerprint density at radius 1 is 1.08 bits per heavy atom. The molecule has 0 unspecified atom stereocenters. The molecule has 2 N–H and O–H groups in total. The smallest absolute Gasteiger partial charge is 0.258 e. The van der Waals surface area contributed by atoms with Crippen molar-refractivity contribution in [3.63, 3.8) is 0 Å². The minimum absolute atomic E-state index is 0.0605. The molecule has 0 bridgehead atoms. The highest BCUT2D eigenvalue weighted by atomic mass is 16.1. The van der Waals surface area contributed by atoms with E-state index in [-0.39, 0.29) is 23.3 Å². The van der Waals surface area contributed by atoms with Gasteiger partial charge in [0, 0.05) is 18.5 Å². The number of aromatic amines is 1. The fraction of sp³-hybridized carbons (Fsp3) is 0.286. The topological polar surface area (TPSA) is 74.8 Å². The van der Waals surface area contributed by atoms with Crippen LogP contribution in [0.25, 0.3) is 10.9 Å². The lowest BCUT2D eigenvalue weighted by molar-refractivity contribution is -0.116. The Morgan fingerprint density at radius 3 is 2.54 bits per heavy atom. The van der Waals surface area contributed by atoms with Gasteiger partial charge in [-0.2, -0.15) is 0 Å². The summed E-state index contributed by atoms with van der Waals surface area (Å²) in [7, 11) is 0. The summed E-state index contributed by atoms with van der Waals surface area (Å²) in [6.45, 7) is 6.34. The van der Waals surface area contributed by atoms with Crippen molar-refractivity contribution in [3.05, 3.63) is 70.3 Å². The Morgan fingerprint density at radius 2 is 1.77 bits per heavy atom. The second-order valence-electron chi connectivity index (χ2n) is 7.37. The van der Waals surface area contributed by atoms with Gasteiger partial charge in [0.15, 0.2) is 0 Å². The Kier molecular flexibility index (Phi) is 4.89. The number of carbonyl (C=O) groups is 1. The minimum atomic E-state index is -0.177. The molecule has 1 aromatic heterocycles. The van der Waals surface area contributed by atoms with E-state index in [1.165, 1.54) is 0 Å². The van der Waals surface area contributed by atoms with Crippen molar-refractivity contribution >= 4 is 22.5 Å². The van der Waals surface area contributed by atoms with Crippen LogP contribution in [0.5, 0.6) is 0 Å². The van der Waals surface area contributed by atoms with E-state index in [0.717, 1.165) is 11.3 Å². The lowest BCUT2D eigenvalue weighted by Crippen LogP contribution is -2.19. The van der Waals surface area contributed by atoms with Gasteiger partial charge in [0.1, 0.15) is 5.82 Å². The average molecular weight is 349 g/mol. The number of aromatic nitrogens is 2. The molecule has 0 aliphatic carbocycles. The number of nitrogens with one attached hydrogen (secondary N) is 2. The number of hydrogen-bond acceptors (Lipinski definition) is 3. The molecule has 0 saturated heterocycles. The van der Waals surface area contributed by atoms with Crippen molar-refractivity contribution in [2.24, 2.45) is 0 Å². The van der Waals surface area contributed by atoms with Crippen LogP contribution in [-0.4, -0.2) is 15.9 Å². The van der Waals surface area contributed by atoms with Crippen molar-refractivity contribution in [1.29, 1.82) is 0 Å². The maximum Gasteiger partial charge on any atom is 0.258 e. The molecule has 1 amide bonds. The number of benzene rings is 2. The van der Waals surface area contributed by atoms with E-state index >= 15 is 0 Å². The van der Waals surface area contributed by atoms with Crippen molar-refractivity contribution in [2.45, 2.75) is 39.0 Å². The van der Waals surface area contributed by atoms with Gasteiger partial charge in [-0.05, 0) is 29.2 Å². The van der Waals surface area contributed by atoms with E-state index in [9.17, 15) is 9.59 Å². The van der Waals surface area contributed by atoms with E-state index in [4.69, 9.17) is 0 Å². The second-order valence-corrected chi connectivity index (χ2v) is 7.37. The molecule has 5 nitrogen and oxygen atoms in total. The summed E-state index contributed by atoms with van der Waals surface area (Å²) in [4.78, 5) is 31.7. The van der Waals surface area contributed by atoms with Gasteiger partial charge in [-0.1, -0.05) is 51.1 Å². The van der Waals surface area contributed by atoms with E-state index in [1.54, 1.807) is 18.2 Å². The van der Waals surface area contributed by atoms with Crippen molar-refractivity contribution in [1.82, 2.24) is 9.97 Å². The summed E-state index contributed by atoms with van der Waals surface area (Å²) in [6, 6.07) is 15.0. The standard InChI is InChI=1S/C21H23N3O2/c1-21(2,3)15-9-5-7-11-17(15)23-19(25)13-12-18-22-16-10-6-4-8-14(16)20(26)24-18/h4-11H,12-13H2,1-3H3,(H,23,25)(H,22,24,26). The maximum atomic E-state index is 12.4. The summed E-state index contributed by atoms with van der Waals surface area (Å²) < 4.78 is 0. The fourth-order valence-electron chi connectivity index (χ4n) is 2.94. The molecule has 5 heteroatoms. The Labute approximate surface area is 152 Å². The van der Waals surface area contributed by atoms with Crippen molar-refractivity contribution < 1.29 is 4.79 Å². The monoisotopic (exact) mass is 349 g/mol. The van der Waals surface area contributed by atoms with Gasteiger partial charge in [-0.3, -0.25) is 9.59 Å². The SMILES string of the molecule is CC(C)(C)c1ccccc1NC(=O)CCc1nc2ccccc2c(=O)[nH]1. The van der Waals surface area contributed by atoms with E-state index in [0.29, 0.717) is 23.1 Å². The summed E-state index contributed by atoms with van der Waals surface area (Å²) in [5, 5.41) is 3.54. The Bertz CT molecular complexity index is 1000. The number of anilines is 1. The molecule has 134 valence electrons. The highest BCUT2D eigenvalue weighted by Crippen LogP contribution is 2.29. The fourth-order valence-corrected chi connectivity index (χ4v) is 2.94. The minimum Gasteiger partial charge on any atom is -0.326 e. The molecule has 26 heavy (non-hydrogen) atoms. The summed E-state index contributed by atoms with van der Waals surface area (Å²) in [6.07, 6.45) is 0.628. The van der Waals surface area contributed by atoms with Gasteiger partial charge in [-0.25, -0.2) is 4.98 Å². The van der Waals surface area contributed by atoms with Gasteiger partial charge < -0.3 is 10.3 Å². The molecule has 0 fully saturated rings. The first-order valence-corrected chi connectivity index (χ1v) is 8.72. The van der Waals surface area contributed by atoms with Gasteiger partial charge in [-0.15, -0.1) is 0 Å². The van der Waals surface area contributed by atoms with Crippen LogP contribution >= 0.6 is 0 Å². The predicted molar refractivity (Wildman–Crippen MR) is 104 cm³/mol. The second kappa shape index (κ2) is 7.12. The number of H-pyrrole nitrogens is 1. The molecule has 0 radical (unpaired) electrons. The molecule has 3 rings (SSSR count). The quantitative estimate of drug-likeness (QED) is 0.752. The molecular weight excluding hydrogens is 326 g/mol. The van der Waals surface area contributed by atoms with Crippen LogP contribution in [0.2, 0.25) is 0 Å². The normalized spacial score (nSPS) is 11.5. The zero-order chi connectivity index (χ0) is 18.7. The van der Waals surface area contributed by atoms with Gasteiger partial charge in [0.05, 0.1) is 10.9 Å². The number of fused-ring (bicyclic) bond motifs is 1. The number of aryl methyl sites for hydroxylation is 1. The molecule has 1 heterocycles. The number of nitrogens with zero attached hydrogens (tertiary/aromatic N) is 1. The molecule has 0 atom stereocenters. The zero-order valence-corrected chi connectivity index (χ0v) is 15.3. The van der Waals surface area contributed by atoms with Crippen LogP contribution in [-0.2, 0) is 16.6 Å². The number of hydrogen-bond donors (Lipinski definition) is 2. The molecule has 0 aliphatic heterocycles. The highest BCUT2D eigenvalue weighted by molar-refractivity contribution is 5.91. The molecule has 0 aliphatic rings. The van der Waals surface area contributed by atoms with E-state index in [2.05, 4.69) is 36.1 Å². The predicted octanol–water partition coefficient (Wildman–Crippen LogP) is 3.79. The maximum absolute atomic E-state index is 12.4. The van der Waals surface area contributed by atoms with Crippen LogP contribution in [0.3, 0.4) is 0 Å². The van der Waals surface area contributed by atoms with E-state index < -0.39 is 0 Å². The third-order valence-electron chi connectivity index (χ3n) is 4.26. The lowest BCUT2D eigenvalue weighted by Gasteiger charge is -2.23. The Balaban J connectivity index is 1.72. The summed E-state index contributed by atoms with van der Waals surface area (Å²) in [5.41, 5.74) is 2.32. The van der Waals surface area contributed by atoms with Crippen LogP contribution < -0.4 is 10.9 Å². The first-order chi connectivity index (χ1) is 12.3. The molecular formula is C21H23N3O2. The van der Waals surface area contributed by atoms with Crippen LogP contribution in [0, 0.1) is 0 Å². The number of rotatable bonds is 4. The molecule has 2 aromatic carbocycles. The van der Waals surface area contributed by atoms with Crippen molar-refractivity contribution in [3.8, 4) is 0 Å². The zero-order valence-electron chi connectivity index (χ0n) is 15.3. The molecule has 0 saturated carbocycles. The molecule has 0 spiro atoms. The number of amides is 1. The average Bonchev–Trinajstić information content (AvgIpc) is 2.60. The summed E-state index contributed by atoms with van der Waals surface area (Å²) in [5.74, 6) is 0.422. The first-order valence-electron chi connectivity index (χ1n) is 8.72. The van der Waals surface area contributed by atoms with Crippen LogP contribution in [0.1, 0.15) is 38.6 Å². The van der Waals surface area contributed by atoms with Gasteiger partial charge in [0.2, 0.25) is 5.91 Å². The van der Waals surface area contributed by atoms with Gasteiger partial charge >= 0.3 is 0 Å². The summed E-state index contributed by atoms with van der Waals surface area (Å²) >= 11 is 0. The van der Waals surface area contributed by atoms with Gasteiger partial charge in [0.25, 0.3) is 5.56 Å². The van der Waals surface area contributed by atoms with Crippen LogP contribution in [0.4, 0.5) is 5.69 Å². The third kappa shape index (κ3) is 3.99. The molecule has 3 aromatic rings. The van der Waals surface area contributed by atoms with Crippen molar-refractivity contribution in [2.75, 3.05) is 5.32 Å².